The van der Waals surface area contributed by atoms with E-state index in [0.717, 1.165) is 51.6 Å². The van der Waals surface area contributed by atoms with E-state index in [-0.39, 0.29) is 23.8 Å². The normalized spacial score (nSPS) is 24.7. The molecule has 2 aliphatic rings. The van der Waals surface area contributed by atoms with Gasteiger partial charge in [0.25, 0.3) is 0 Å². The SMILES string of the molecule is CC(C)(C)OC(=O)N[C@@H]1CCCC[C@H]1N(c1ncc([N+](=O)[O-])cn1)[C@H]1CCCNC1. The molecule has 1 aliphatic carbocycles. The minimum Gasteiger partial charge on any atom is -0.444 e. The van der Waals surface area contributed by atoms with Crippen LogP contribution in [0.1, 0.15) is 59.3 Å². The van der Waals surface area contributed by atoms with E-state index < -0.39 is 16.6 Å². The third kappa shape index (κ3) is 5.78. The van der Waals surface area contributed by atoms with E-state index in [0.29, 0.717) is 5.95 Å². The summed E-state index contributed by atoms with van der Waals surface area (Å²) in [5.74, 6) is 0.470. The van der Waals surface area contributed by atoms with Gasteiger partial charge in [-0.05, 0) is 53.0 Å². The standard InChI is InChI=1S/C20H32N6O4/c1-20(2,3)30-19(27)24-16-8-4-5-9-17(16)25(14-7-6-10-21-11-14)18-22-12-15(13-23-18)26(28)29/h12-14,16-17,21H,4-11H2,1-3H3,(H,24,27)/t14-,16+,17+/m0/s1. The second-order valence-corrected chi connectivity index (χ2v) is 9.01. The Kier molecular flexibility index (Phi) is 7.06. The van der Waals surface area contributed by atoms with E-state index in [1.165, 1.54) is 12.4 Å². The van der Waals surface area contributed by atoms with Crippen LogP contribution in [0, 0.1) is 10.1 Å². The Morgan fingerprint density at radius 1 is 1.23 bits per heavy atom. The van der Waals surface area contributed by atoms with Gasteiger partial charge in [0.05, 0.1) is 17.0 Å². The van der Waals surface area contributed by atoms with Crippen molar-refractivity contribution in [2.24, 2.45) is 0 Å². The van der Waals surface area contributed by atoms with Crippen LogP contribution in [0.5, 0.6) is 0 Å². The van der Waals surface area contributed by atoms with E-state index in [9.17, 15) is 14.9 Å². The highest BCUT2D eigenvalue weighted by atomic mass is 16.6. The van der Waals surface area contributed by atoms with Gasteiger partial charge in [-0.15, -0.1) is 0 Å². The van der Waals surface area contributed by atoms with Gasteiger partial charge < -0.3 is 20.3 Å². The fourth-order valence-electron chi connectivity index (χ4n) is 4.27. The summed E-state index contributed by atoms with van der Waals surface area (Å²) in [6.45, 7) is 7.28. The highest BCUT2D eigenvalue weighted by Crippen LogP contribution is 2.30. The van der Waals surface area contributed by atoms with Gasteiger partial charge in [0.2, 0.25) is 5.95 Å². The number of carbonyl (C=O) groups excluding carboxylic acids is 1. The topological polar surface area (TPSA) is 123 Å². The first-order chi connectivity index (χ1) is 14.2. The Hall–Kier alpha value is -2.49. The lowest BCUT2D eigenvalue weighted by molar-refractivity contribution is -0.385. The summed E-state index contributed by atoms with van der Waals surface area (Å²) in [5, 5.41) is 17.5. The van der Waals surface area contributed by atoms with Crippen molar-refractivity contribution in [3.05, 3.63) is 22.5 Å². The quantitative estimate of drug-likeness (QED) is 0.551. The van der Waals surface area contributed by atoms with Crippen molar-refractivity contribution in [2.75, 3.05) is 18.0 Å². The Morgan fingerprint density at radius 3 is 2.53 bits per heavy atom. The fraction of sp³-hybridized carbons (Fsp3) is 0.750. The number of piperidine rings is 1. The number of aromatic nitrogens is 2. The predicted octanol–water partition coefficient (Wildman–Crippen LogP) is 2.78. The molecule has 10 heteroatoms. The minimum absolute atomic E-state index is 0.00220. The fourth-order valence-corrected chi connectivity index (χ4v) is 4.27. The van der Waals surface area contributed by atoms with Gasteiger partial charge in [-0.2, -0.15) is 0 Å². The third-order valence-electron chi connectivity index (χ3n) is 5.52. The monoisotopic (exact) mass is 420 g/mol. The lowest BCUT2D eigenvalue weighted by Crippen LogP contribution is -2.60. The number of ether oxygens (including phenoxy) is 1. The molecule has 166 valence electrons. The number of carbonyl (C=O) groups is 1. The molecule has 0 spiro atoms. The van der Waals surface area contributed by atoms with Crippen LogP contribution in [0.15, 0.2) is 12.4 Å². The summed E-state index contributed by atoms with van der Waals surface area (Å²) in [7, 11) is 0. The van der Waals surface area contributed by atoms with Gasteiger partial charge in [0, 0.05) is 12.6 Å². The molecule has 3 rings (SSSR count). The first-order valence-corrected chi connectivity index (χ1v) is 10.7. The first kappa shape index (κ1) is 22.2. The van der Waals surface area contributed by atoms with Gasteiger partial charge in [0.1, 0.15) is 18.0 Å². The molecule has 2 heterocycles. The molecule has 1 saturated heterocycles. The van der Waals surface area contributed by atoms with Crippen molar-refractivity contribution in [3.63, 3.8) is 0 Å². The average Bonchev–Trinajstić information content (AvgIpc) is 2.69. The molecule has 0 bridgehead atoms. The van der Waals surface area contributed by atoms with Crippen LogP contribution in [0.25, 0.3) is 0 Å². The van der Waals surface area contributed by atoms with Crippen molar-refractivity contribution in [3.8, 4) is 0 Å². The molecule has 1 amide bonds. The van der Waals surface area contributed by atoms with E-state index in [1.54, 1.807) is 0 Å². The second-order valence-electron chi connectivity index (χ2n) is 9.01. The Morgan fingerprint density at radius 2 is 1.93 bits per heavy atom. The molecule has 1 aromatic heterocycles. The molecule has 0 unspecified atom stereocenters. The number of hydrogen-bond acceptors (Lipinski definition) is 8. The molecule has 30 heavy (non-hydrogen) atoms. The number of rotatable bonds is 5. The van der Waals surface area contributed by atoms with Crippen molar-refractivity contribution in [2.45, 2.75) is 83.0 Å². The highest BCUT2D eigenvalue weighted by molar-refractivity contribution is 5.68. The highest BCUT2D eigenvalue weighted by Gasteiger charge is 2.37. The first-order valence-electron chi connectivity index (χ1n) is 10.7. The van der Waals surface area contributed by atoms with E-state index in [2.05, 4.69) is 25.5 Å². The molecule has 1 aliphatic heterocycles. The van der Waals surface area contributed by atoms with Gasteiger partial charge in [-0.3, -0.25) is 10.1 Å². The second kappa shape index (κ2) is 9.55. The van der Waals surface area contributed by atoms with E-state index >= 15 is 0 Å². The zero-order valence-electron chi connectivity index (χ0n) is 18.0. The smallest absolute Gasteiger partial charge is 0.407 e. The molecule has 1 saturated carbocycles. The van der Waals surface area contributed by atoms with Crippen LogP contribution in [0.3, 0.4) is 0 Å². The van der Waals surface area contributed by atoms with Crippen LogP contribution >= 0.6 is 0 Å². The van der Waals surface area contributed by atoms with Crippen LogP contribution in [0.2, 0.25) is 0 Å². The number of alkyl carbamates (subject to hydrolysis) is 1. The molecule has 0 aromatic carbocycles. The molecule has 2 fully saturated rings. The molecule has 2 N–H and O–H groups in total. The minimum atomic E-state index is -0.567. The molecule has 10 nitrogen and oxygen atoms in total. The van der Waals surface area contributed by atoms with Crippen LogP contribution in [-0.2, 0) is 4.74 Å². The van der Waals surface area contributed by atoms with Gasteiger partial charge in [0.15, 0.2) is 0 Å². The lowest BCUT2D eigenvalue weighted by Gasteiger charge is -2.45. The zero-order chi connectivity index (χ0) is 21.7. The van der Waals surface area contributed by atoms with E-state index in [4.69, 9.17) is 4.74 Å². The Labute approximate surface area is 176 Å². The summed E-state index contributed by atoms with van der Waals surface area (Å²) in [6.07, 6.45) is 7.88. The number of nitro groups is 1. The molecule has 1 aromatic rings. The Balaban J connectivity index is 1.85. The van der Waals surface area contributed by atoms with Gasteiger partial charge in [-0.25, -0.2) is 14.8 Å². The number of amides is 1. The zero-order valence-corrected chi connectivity index (χ0v) is 18.0. The molecular weight excluding hydrogens is 388 g/mol. The number of anilines is 1. The number of nitrogens with zero attached hydrogens (tertiary/aromatic N) is 4. The summed E-state index contributed by atoms with van der Waals surface area (Å²) in [4.78, 5) is 33.8. The summed E-state index contributed by atoms with van der Waals surface area (Å²) in [5.41, 5.74) is -0.699. The maximum Gasteiger partial charge on any atom is 0.407 e. The summed E-state index contributed by atoms with van der Waals surface area (Å²) >= 11 is 0. The average molecular weight is 421 g/mol. The van der Waals surface area contributed by atoms with Gasteiger partial charge >= 0.3 is 11.8 Å². The van der Waals surface area contributed by atoms with Crippen molar-refractivity contribution in [1.29, 1.82) is 0 Å². The van der Waals surface area contributed by atoms with Crippen LogP contribution in [-0.4, -0.2) is 57.8 Å². The third-order valence-corrected chi connectivity index (χ3v) is 5.52. The van der Waals surface area contributed by atoms with Gasteiger partial charge in [-0.1, -0.05) is 12.8 Å². The molecule has 0 radical (unpaired) electrons. The van der Waals surface area contributed by atoms with Crippen LogP contribution < -0.4 is 15.5 Å². The number of hydrogen-bond donors (Lipinski definition) is 2. The molecular formula is C20H32N6O4. The molecule has 3 atom stereocenters. The van der Waals surface area contributed by atoms with Crippen molar-refractivity contribution in [1.82, 2.24) is 20.6 Å². The lowest BCUT2D eigenvalue weighted by atomic mass is 9.87. The summed E-state index contributed by atoms with van der Waals surface area (Å²) < 4.78 is 5.47. The van der Waals surface area contributed by atoms with E-state index in [1.807, 2.05) is 20.8 Å². The number of nitrogens with one attached hydrogen (secondary N) is 2. The Bertz CT molecular complexity index is 730. The maximum absolute atomic E-state index is 12.5. The van der Waals surface area contributed by atoms with Crippen LogP contribution in [0.4, 0.5) is 16.4 Å². The van der Waals surface area contributed by atoms with Crippen molar-refractivity contribution < 1.29 is 14.5 Å². The van der Waals surface area contributed by atoms with Crippen molar-refractivity contribution >= 4 is 17.7 Å². The summed E-state index contributed by atoms with van der Waals surface area (Å²) in [6, 6.07) is 0.0539. The predicted molar refractivity (Wildman–Crippen MR) is 112 cm³/mol. The largest absolute Gasteiger partial charge is 0.444 e. The maximum atomic E-state index is 12.5.